The Morgan fingerprint density at radius 1 is 1.10 bits per heavy atom. The van der Waals surface area contributed by atoms with Crippen LogP contribution in [0.3, 0.4) is 0 Å². The lowest BCUT2D eigenvalue weighted by Gasteiger charge is -2.05. The van der Waals surface area contributed by atoms with E-state index in [1.54, 1.807) is 6.08 Å². The summed E-state index contributed by atoms with van der Waals surface area (Å²) in [5.74, 6) is 0.419. The number of amidine groups is 1. The third-order valence-electron chi connectivity index (χ3n) is 2.61. The number of halogens is 2. The minimum absolute atomic E-state index is 0. The SMILES string of the molecule is Cl.N=C(/C=C/c1ccccc1)NCc1cccc(I)c1. The summed E-state index contributed by atoms with van der Waals surface area (Å²) < 4.78 is 1.21. The van der Waals surface area contributed by atoms with Crippen LogP contribution in [0.1, 0.15) is 11.1 Å². The van der Waals surface area contributed by atoms with E-state index in [9.17, 15) is 0 Å². The van der Waals surface area contributed by atoms with Crippen molar-refractivity contribution in [3.8, 4) is 0 Å². The average Bonchev–Trinajstić information content (AvgIpc) is 2.44. The smallest absolute Gasteiger partial charge is 0.118 e. The van der Waals surface area contributed by atoms with Crippen LogP contribution < -0.4 is 5.32 Å². The highest BCUT2D eigenvalue weighted by Gasteiger charge is 1.95. The molecule has 0 radical (unpaired) electrons. The van der Waals surface area contributed by atoms with E-state index in [0.717, 1.165) is 5.56 Å². The van der Waals surface area contributed by atoms with Gasteiger partial charge in [-0.05, 0) is 51.9 Å². The van der Waals surface area contributed by atoms with E-state index in [1.807, 2.05) is 42.5 Å². The predicted octanol–water partition coefficient (Wildman–Crippen LogP) is 4.49. The summed E-state index contributed by atoms with van der Waals surface area (Å²) in [6.07, 6.45) is 3.72. The zero-order valence-electron chi connectivity index (χ0n) is 10.8. The quantitative estimate of drug-likeness (QED) is 0.444. The molecule has 104 valence electrons. The second-order valence-electron chi connectivity index (χ2n) is 4.14. The maximum atomic E-state index is 7.84. The molecule has 0 amide bonds. The Morgan fingerprint density at radius 2 is 1.85 bits per heavy atom. The highest BCUT2D eigenvalue weighted by atomic mass is 127. The third kappa shape index (κ3) is 5.75. The molecule has 0 atom stereocenters. The fourth-order valence-electron chi connectivity index (χ4n) is 1.65. The number of hydrogen-bond acceptors (Lipinski definition) is 1. The Kier molecular flexibility index (Phi) is 7.33. The van der Waals surface area contributed by atoms with E-state index in [2.05, 4.69) is 46.1 Å². The molecular weight excluding hydrogens is 383 g/mol. The largest absolute Gasteiger partial charge is 0.366 e. The lowest BCUT2D eigenvalue weighted by atomic mass is 10.2. The summed E-state index contributed by atoms with van der Waals surface area (Å²) in [6, 6.07) is 18.3. The topological polar surface area (TPSA) is 35.9 Å². The van der Waals surface area contributed by atoms with Crippen molar-refractivity contribution < 1.29 is 0 Å². The summed E-state index contributed by atoms with van der Waals surface area (Å²) in [5, 5.41) is 10.9. The van der Waals surface area contributed by atoms with E-state index in [0.29, 0.717) is 12.4 Å². The molecule has 0 saturated carbocycles. The molecule has 0 spiro atoms. The van der Waals surface area contributed by atoms with Gasteiger partial charge in [-0.25, -0.2) is 0 Å². The van der Waals surface area contributed by atoms with Crippen molar-refractivity contribution in [1.29, 1.82) is 5.41 Å². The van der Waals surface area contributed by atoms with Gasteiger partial charge in [-0.1, -0.05) is 48.5 Å². The molecule has 0 aliphatic carbocycles. The summed E-state index contributed by atoms with van der Waals surface area (Å²) in [5.41, 5.74) is 2.29. The van der Waals surface area contributed by atoms with Crippen LogP contribution >= 0.6 is 35.0 Å². The first-order chi connectivity index (χ1) is 9.24. The van der Waals surface area contributed by atoms with Crippen LogP contribution in [0.5, 0.6) is 0 Å². The van der Waals surface area contributed by atoms with Gasteiger partial charge in [-0.2, -0.15) is 0 Å². The Hall–Kier alpha value is -1.33. The van der Waals surface area contributed by atoms with Gasteiger partial charge in [0.2, 0.25) is 0 Å². The van der Waals surface area contributed by atoms with Crippen molar-refractivity contribution >= 4 is 46.9 Å². The first-order valence-corrected chi connectivity index (χ1v) is 7.12. The number of nitrogens with one attached hydrogen (secondary N) is 2. The maximum absolute atomic E-state index is 7.84. The Labute approximate surface area is 139 Å². The van der Waals surface area contributed by atoms with Crippen LogP contribution in [0.15, 0.2) is 60.7 Å². The standard InChI is InChI=1S/C16H15IN2.ClH/c17-15-8-4-7-14(11-15)12-19-16(18)10-9-13-5-2-1-3-6-13;/h1-11H,12H2,(H2,18,19);1H/b10-9+;. The molecule has 0 aliphatic rings. The monoisotopic (exact) mass is 398 g/mol. The highest BCUT2D eigenvalue weighted by molar-refractivity contribution is 14.1. The Balaban J connectivity index is 0.00000200. The number of benzene rings is 2. The van der Waals surface area contributed by atoms with Gasteiger partial charge in [0.05, 0.1) is 0 Å². The van der Waals surface area contributed by atoms with Crippen LogP contribution in [-0.4, -0.2) is 5.84 Å². The van der Waals surface area contributed by atoms with Crippen LogP contribution in [0.2, 0.25) is 0 Å². The van der Waals surface area contributed by atoms with E-state index in [1.165, 1.54) is 9.13 Å². The maximum Gasteiger partial charge on any atom is 0.118 e. The summed E-state index contributed by atoms with van der Waals surface area (Å²) in [6.45, 7) is 0.675. The number of hydrogen-bond donors (Lipinski definition) is 2. The molecule has 2 rings (SSSR count). The summed E-state index contributed by atoms with van der Waals surface area (Å²) in [4.78, 5) is 0. The average molecular weight is 399 g/mol. The van der Waals surface area contributed by atoms with E-state index in [4.69, 9.17) is 5.41 Å². The fourth-order valence-corrected chi connectivity index (χ4v) is 2.25. The first kappa shape index (κ1) is 16.7. The molecule has 2 aromatic carbocycles. The number of rotatable bonds is 4. The van der Waals surface area contributed by atoms with Crippen molar-refractivity contribution in [2.24, 2.45) is 0 Å². The van der Waals surface area contributed by atoms with Gasteiger partial charge in [0.15, 0.2) is 0 Å². The molecule has 0 aliphatic heterocycles. The molecule has 0 heterocycles. The lowest BCUT2D eigenvalue weighted by Crippen LogP contribution is -2.19. The second kappa shape index (κ2) is 8.76. The second-order valence-corrected chi connectivity index (χ2v) is 5.39. The third-order valence-corrected chi connectivity index (χ3v) is 3.29. The van der Waals surface area contributed by atoms with Crippen molar-refractivity contribution in [2.45, 2.75) is 6.54 Å². The zero-order chi connectivity index (χ0) is 13.5. The summed E-state index contributed by atoms with van der Waals surface area (Å²) >= 11 is 2.29. The van der Waals surface area contributed by atoms with Crippen LogP contribution in [-0.2, 0) is 6.54 Å². The van der Waals surface area contributed by atoms with Crippen LogP contribution in [0.25, 0.3) is 6.08 Å². The molecule has 0 fully saturated rings. The summed E-state index contributed by atoms with van der Waals surface area (Å²) in [7, 11) is 0. The molecule has 0 aromatic heterocycles. The Bertz CT molecular complexity index is 582. The minimum Gasteiger partial charge on any atom is -0.366 e. The van der Waals surface area contributed by atoms with Gasteiger partial charge < -0.3 is 5.32 Å². The van der Waals surface area contributed by atoms with Crippen molar-refractivity contribution in [2.75, 3.05) is 0 Å². The predicted molar refractivity (Wildman–Crippen MR) is 96.4 cm³/mol. The van der Waals surface area contributed by atoms with E-state index in [-0.39, 0.29) is 12.4 Å². The molecule has 0 saturated heterocycles. The van der Waals surface area contributed by atoms with Gasteiger partial charge >= 0.3 is 0 Å². The normalized spacial score (nSPS) is 10.1. The molecule has 20 heavy (non-hydrogen) atoms. The molecule has 0 bridgehead atoms. The molecule has 4 heteroatoms. The van der Waals surface area contributed by atoms with Crippen molar-refractivity contribution in [3.05, 3.63) is 75.4 Å². The molecular formula is C16H16ClIN2. The van der Waals surface area contributed by atoms with Gasteiger partial charge in [0.1, 0.15) is 5.84 Å². The van der Waals surface area contributed by atoms with Gasteiger partial charge in [0.25, 0.3) is 0 Å². The molecule has 0 unspecified atom stereocenters. The van der Waals surface area contributed by atoms with Crippen molar-refractivity contribution in [3.63, 3.8) is 0 Å². The van der Waals surface area contributed by atoms with Crippen molar-refractivity contribution in [1.82, 2.24) is 5.32 Å². The molecule has 2 nitrogen and oxygen atoms in total. The highest BCUT2D eigenvalue weighted by Crippen LogP contribution is 2.07. The van der Waals surface area contributed by atoms with Gasteiger partial charge in [-0.15, -0.1) is 12.4 Å². The molecule has 2 aromatic rings. The van der Waals surface area contributed by atoms with E-state index < -0.39 is 0 Å². The van der Waals surface area contributed by atoms with E-state index >= 15 is 0 Å². The fraction of sp³-hybridized carbons (Fsp3) is 0.0625. The molecule has 2 N–H and O–H groups in total. The minimum atomic E-state index is 0. The van der Waals surface area contributed by atoms with Crippen LogP contribution in [0, 0.1) is 8.98 Å². The van der Waals surface area contributed by atoms with Gasteiger partial charge in [-0.3, -0.25) is 5.41 Å². The first-order valence-electron chi connectivity index (χ1n) is 6.04. The lowest BCUT2D eigenvalue weighted by molar-refractivity contribution is 0.911. The van der Waals surface area contributed by atoms with Crippen LogP contribution in [0.4, 0.5) is 0 Å². The Morgan fingerprint density at radius 3 is 2.55 bits per heavy atom. The zero-order valence-corrected chi connectivity index (χ0v) is 13.8. The van der Waals surface area contributed by atoms with Gasteiger partial charge in [0, 0.05) is 10.1 Å².